The number of anilines is 2. The van der Waals surface area contributed by atoms with Gasteiger partial charge in [0.05, 0.1) is 17.7 Å². The molecular formula is C25H29N3O4S. The van der Waals surface area contributed by atoms with Crippen LogP contribution in [0.2, 0.25) is 0 Å². The Hall–Kier alpha value is -3.52. The summed E-state index contributed by atoms with van der Waals surface area (Å²) in [6.07, 6.45) is 0. The topological polar surface area (TPSA) is 79.0 Å². The van der Waals surface area contributed by atoms with E-state index < -0.39 is 10.0 Å². The number of para-hydroxylation sites is 1. The summed E-state index contributed by atoms with van der Waals surface area (Å²) in [6, 6.07) is 23.0. The van der Waals surface area contributed by atoms with E-state index in [4.69, 9.17) is 4.74 Å². The summed E-state index contributed by atoms with van der Waals surface area (Å²) in [5.41, 5.74) is 2.37. The van der Waals surface area contributed by atoms with Gasteiger partial charge < -0.3 is 15.0 Å². The Labute approximate surface area is 195 Å². The number of rotatable bonds is 10. The van der Waals surface area contributed by atoms with Crippen molar-refractivity contribution in [3.05, 3.63) is 84.4 Å². The molecule has 174 valence electrons. The molecule has 0 bridgehead atoms. The monoisotopic (exact) mass is 467 g/mol. The van der Waals surface area contributed by atoms with Crippen LogP contribution in [0, 0.1) is 6.92 Å². The molecule has 0 spiro atoms. The number of carbonyl (C=O) groups is 1. The first kappa shape index (κ1) is 24.1. The molecule has 0 aliphatic heterocycles. The first-order valence-electron chi connectivity index (χ1n) is 10.6. The maximum Gasteiger partial charge on any atom is 0.264 e. The maximum atomic E-state index is 13.4. The second kappa shape index (κ2) is 10.9. The smallest absolute Gasteiger partial charge is 0.264 e. The average Bonchev–Trinajstić information content (AvgIpc) is 2.83. The highest BCUT2D eigenvalue weighted by molar-refractivity contribution is 7.92. The fourth-order valence-corrected chi connectivity index (χ4v) is 4.68. The van der Waals surface area contributed by atoms with Crippen LogP contribution in [-0.4, -0.2) is 48.1 Å². The van der Waals surface area contributed by atoms with Crippen LogP contribution in [-0.2, 0) is 14.8 Å². The van der Waals surface area contributed by atoms with Crippen molar-refractivity contribution >= 4 is 27.3 Å². The predicted octanol–water partition coefficient (Wildman–Crippen LogP) is 3.45. The summed E-state index contributed by atoms with van der Waals surface area (Å²) >= 11 is 0. The van der Waals surface area contributed by atoms with E-state index in [1.807, 2.05) is 49.2 Å². The third-order valence-electron chi connectivity index (χ3n) is 5.22. The van der Waals surface area contributed by atoms with Gasteiger partial charge >= 0.3 is 0 Å². The third kappa shape index (κ3) is 6.26. The van der Waals surface area contributed by atoms with Crippen molar-refractivity contribution < 1.29 is 17.9 Å². The van der Waals surface area contributed by atoms with Gasteiger partial charge in [-0.2, -0.15) is 0 Å². The fourth-order valence-electron chi connectivity index (χ4n) is 3.26. The number of methoxy groups -OCH3 is 1. The molecule has 3 aromatic rings. The SMILES string of the molecule is COc1ccc(N(CC(=O)NCCN(C)c2ccccc2)S(=O)(=O)c2ccc(C)cc2)cc1. The molecule has 3 rings (SSSR count). The molecule has 0 saturated carbocycles. The lowest BCUT2D eigenvalue weighted by Gasteiger charge is -2.25. The minimum atomic E-state index is -3.95. The number of nitrogens with one attached hydrogen (secondary N) is 1. The molecule has 0 radical (unpaired) electrons. The van der Waals surface area contributed by atoms with Gasteiger partial charge in [-0.1, -0.05) is 35.9 Å². The zero-order chi connectivity index (χ0) is 23.8. The van der Waals surface area contributed by atoms with Crippen molar-refractivity contribution in [3.8, 4) is 5.75 Å². The van der Waals surface area contributed by atoms with Gasteiger partial charge in [0.1, 0.15) is 12.3 Å². The number of hydrogen-bond acceptors (Lipinski definition) is 5. The van der Waals surface area contributed by atoms with Gasteiger partial charge in [0.25, 0.3) is 10.0 Å². The molecule has 0 aromatic heterocycles. The highest BCUT2D eigenvalue weighted by Crippen LogP contribution is 2.26. The summed E-state index contributed by atoms with van der Waals surface area (Å²) in [6.45, 7) is 2.52. The standard InChI is InChI=1S/C25H29N3O4S/c1-20-9-15-24(16-10-20)33(30,31)28(22-11-13-23(32-3)14-12-22)19-25(29)26-17-18-27(2)21-7-5-4-6-8-21/h4-16H,17-19H2,1-3H3,(H,26,29). The Morgan fingerprint density at radius 1 is 0.909 bits per heavy atom. The van der Waals surface area contributed by atoms with Crippen LogP contribution in [0.25, 0.3) is 0 Å². The lowest BCUT2D eigenvalue weighted by molar-refractivity contribution is -0.119. The number of benzene rings is 3. The molecule has 1 N–H and O–H groups in total. The first-order valence-corrected chi connectivity index (χ1v) is 12.0. The number of aryl methyl sites for hydroxylation is 1. The normalized spacial score (nSPS) is 11.0. The molecule has 0 aliphatic carbocycles. The Morgan fingerprint density at radius 2 is 1.55 bits per heavy atom. The summed E-state index contributed by atoms with van der Waals surface area (Å²) in [4.78, 5) is 14.9. The number of ether oxygens (including phenoxy) is 1. The quantitative estimate of drug-likeness (QED) is 0.494. The fraction of sp³-hybridized carbons (Fsp3) is 0.240. The Bertz CT molecular complexity index is 1150. The van der Waals surface area contributed by atoms with Crippen LogP contribution in [0.5, 0.6) is 5.75 Å². The van der Waals surface area contributed by atoms with E-state index in [1.54, 1.807) is 48.5 Å². The average molecular weight is 468 g/mol. The highest BCUT2D eigenvalue weighted by atomic mass is 32.2. The molecule has 0 unspecified atom stereocenters. The van der Waals surface area contributed by atoms with Gasteiger partial charge in [-0.3, -0.25) is 9.10 Å². The zero-order valence-electron chi connectivity index (χ0n) is 19.1. The van der Waals surface area contributed by atoms with E-state index in [2.05, 4.69) is 5.32 Å². The predicted molar refractivity (Wildman–Crippen MR) is 131 cm³/mol. The van der Waals surface area contributed by atoms with E-state index in [-0.39, 0.29) is 17.3 Å². The molecule has 1 amide bonds. The van der Waals surface area contributed by atoms with Crippen LogP contribution < -0.4 is 19.3 Å². The zero-order valence-corrected chi connectivity index (χ0v) is 19.9. The van der Waals surface area contributed by atoms with E-state index in [1.165, 1.54) is 7.11 Å². The van der Waals surface area contributed by atoms with Crippen LogP contribution in [0.1, 0.15) is 5.56 Å². The number of carbonyl (C=O) groups excluding carboxylic acids is 1. The molecule has 8 heteroatoms. The van der Waals surface area contributed by atoms with Crippen molar-refractivity contribution in [1.29, 1.82) is 0 Å². The number of likely N-dealkylation sites (N-methyl/N-ethyl adjacent to an activating group) is 1. The van der Waals surface area contributed by atoms with Crippen molar-refractivity contribution in [2.24, 2.45) is 0 Å². The minimum Gasteiger partial charge on any atom is -0.497 e. The van der Waals surface area contributed by atoms with Crippen LogP contribution in [0.4, 0.5) is 11.4 Å². The number of hydrogen-bond donors (Lipinski definition) is 1. The van der Waals surface area contributed by atoms with E-state index in [0.29, 0.717) is 24.5 Å². The van der Waals surface area contributed by atoms with Gasteiger partial charge in [0, 0.05) is 25.8 Å². The number of nitrogens with zero attached hydrogens (tertiary/aromatic N) is 2. The molecular weight excluding hydrogens is 438 g/mol. The molecule has 0 atom stereocenters. The van der Waals surface area contributed by atoms with Crippen LogP contribution in [0.15, 0.2) is 83.8 Å². The van der Waals surface area contributed by atoms with Crippen molar-refractivity contribution in [2.45, 2.75) is 11.8 Å². The number of sulfonamides is 1. The summed E-state index contributed by atoms with van der Waals surface area (Å²) in [5.74, 6) is 0.211. The van der Waals surface area contributed by atoms with Crippen molar-refractivity contribution in [2.75, 3.05) is 43.0 Å². The highest BCUT2D eigenvalue weighted by Gasteiger charge is 2.27. The van der Waals surface area contributed by atoms with E-state index in [9.17, 15) is 13.2 Å². The second-order valence-corrected chi connectivity index (χ2v) is 9.49. The number of amides is 1. The largest absolute Gasteiger partial charge is 0.497 e. The lowest BCUT2D eigenvalue weighted by Crippen LogP contribution is -2.42. The minimum absolute atomic E-state index is 0.125. The molecule has 7 nitrogen and oxygen atoms in total. The van der Waals surface area contributed by atoms with Gasteiger partial charge in [-0.05, 0) is 55.5 Å². The Kier molecular flexibility index (Phi) is 7.95. The lowest BCUT2D eigenvalue weighted by atomic mass is 10.2. The first-order chi connectivity index (χ1) is 15.8. The summed E-state index contributed by atoms with van der Waals surface area (Å²) < 4.78 is 33.1. The maximum absolute atomic E-state index is 13.4. The Morgan fingerprint density at radius 3 is 2.15 bits per heavy atom. The summed E-state index contributed by atoms with van der Waals surface area (Å²) in [7, 11) is -0.474. The molecule has 0 heterocycles. The van der Waals surface area contributed by atoms with E-state index in [0.717, 1.165) is 15.6 Å². The van der Waals surface area contributed by atoms with Gasteiger partial charge in [0.2, 0.25) is 5.91 Å². The van der Waals surface area contributed by atoms with E-state index >= 15 is 0 Å². The Balaban J connectivity index is 1.74. The van der Waals surface area contributed by atoms with Crippen LogP contribution in [0.3, 0.4) is 0 Å². The summed E-state index contributed by atoms with van der Waals surface area (Å²) in [5, 5.41) is 2.83. The molecule has 0 aliphatic rings. The van der Waals surface area contributed by atoms with Gasteiger partial charge in [-0.15, -0.1) is 0 Å². The molecule has 33 heavy (non-hydrogen) atoms. The van der Waals surface area contributed by atoms with Crippen molar-refractivity contribution in [3.63, 3.8) is 0 Å². The van der Waals surface area contributed by atoms with Gasteiger partial charge in [0.15, 0.2) is 0 Å². The molecule has 0 fully saturated rings. The third-order valence-corrected chi connectivity index (χ3v) is 7.01. The van der Waals surface area contributed by atoms with Gasteiger partial charge in [-0.25, -0.2) is 8.42 Å². The molecule has 3 aromatic carbocycles. The molecule has 0 saturated heterocycles. The van der Waals surface area contributed by atoms with Crippen molar-refractivity contribution in [1.82, 2.24) is 5.32 Å². The second-order valence-electron chi connectivity index (χ2n) is 7.63. The van der Waals surface area contributed by atoms with Crippen LogP contribution >= 0.6 is 0 Å².